The SMILES string of the molecule is CCOc1ncccc1C1(NC(=O)N2CC3(CN(CCN4CCOCC4)C3)C2)C(=O)N(S(=O)(=O)c2ccc(F)cc2)c2ccc(C#N)cc21. The number of nitrogens with zero attached hydrogens (tertiary/aromatic N) is 6. The molecule has 3 saturated heterocycles. The molecule has 0 radical (unpaired) electrons. The monoisotopic (exact) mass is 689 g/mol. The van der Waals surface area contributed by atoms with E-state index in [9.17, 15) is 27.7 Å². The Morgan fingerprint density at radius 2 is 1.76 bits per heavy atom. The van der Waals surface area contributed by atoms with E-state index in [0.717, 1.165) is 76.7 Å². The summed E-state index contributed by atoms with van der Waals surface area (Å²) in [5, 5.41) is 12.7. The lowest BCUT2D eigenvalue weighted by molar-refractivity contribution is -0.122. The largest absolute Gasteiger partial charge is 0.478 e. The number of amides is 3. The first kappa shape index (κ1) is 32.9. The van der Waals surface area contributed by atoms with Crippen molar-refractivity contribution in [2.45, 2.75) is 17.4 Å². The number of likely N-dealkylation sites (tertiary alicyclic amines) is 2. The summed E-state index contributed by atoms with van der Waals surface area (Å²) in [6, 6.07) is 12.8. The van der Waals surface area contributed by atoms with Gasteiger partial charge in [0.25, 0.3) is 15.9 Å². The minimum Gasteiger partial charge on any atom is -0.478 e. The smallest absolute Gasteiger partial charge is 0.318 e. The summed E-state index contributed by atoms with van der Waals surface area (Å²) in [7, 11) is -4.63. The van der Waals surface area contributed by atoms with Crippen molar-refractivity contribution in [1.82, 2.24) is 25.0 Å². The number of fused-ring (bicyclic) bond motifs is 1. The van der Waals surface area contributed by atoms with Crippen molar-refractivity contribution < 1.29 is 31.9 Å². The first-order chi connectivity index (χ1) is 23.6. The van der Waals surface area contributed by atoms with Crippen LogP contribution in [0.1, 0.15) is 23.6 Å². The van der Waals surface area contributed by atoms with Gasteiger partial charge in [0.05, 0.1) is 47.6 Å². The zero-order valence-electron chi connectivity index (χ0n) is 27.0. The fraction of sp³-hybridized carbons (Fsp3) is 0.412. The maximum absolute atomic E-state index is 14.9. The Balaban J connectivity index is 1.21. The number of hydrogen-bond acceptors (Lipinski definition) is 10. The zero-order chi connectivity index (χ0) is 34.4. The summed E-state index contributed by atoms with van der Waals surface area (Å²) >= 11 is 0. The second-order valence-electron chi connectivity index (χ2n) is 12.9. The van der Waals surface area contributed by atoms with Crippen molar-refractivity contribution in [2.24, 2.45) is 5.41 Å². The number of halogens is 1. The van der Waals surface area contributed by atoms with E-state index in [1.165, 1.54) is 24.4 Å². The Hall–Kier alpha value is -4.62. The number of urea groups is 1. The molecular formula is C34H36FN7O6S. The van der Waals surface area contributed by atoms with Crippen LogP contribution in [-0.4, -0.2) is 112 Å². The Morgan fingerprint density at radius 1 is 1.04 bits per heavy atom. The van der Waals surface area contributed by atoms with Crippen LogP contribution in [0.3, 0.4) is 0 Å². The fourth-order valence-corrected chi connectivity index (χ4v) is 8.77. The summed E-state index contributed by atoms with van der Waals surface area (Å²) in [6.07, 6.45) is 1.46. The van der Waals surface area contributed by atoms with Gasteiger partial charge < -0.3 is 24.6 Å². The predicted octanol–water partition coefficient (Wildman–Crippen LogP) is 2.13. The van der Waals surface area contributed by atoms with Crippen LogP contribution in [0, 0.1) is 22.6 Å². The van der Waals surface area contributed by atoms with Crippen molar-refractivity contribution in [1.29, 1.82) is 5.26 Å². The van der Waals surface area contributed by atoms with Gasteiger partial charge in [-0.1, -0.05) is 0 Å². The molecular weight excluding hydrogens is 653 g/mol. The number of carbonyl (C=O) groups is 2. The van der Waals surface area contributed by atoms with E-state index in [0.29, 0.717) is 17.4 Å². The zero-order valence-corrected chi connectivity index (χ0v) is 27.8. The number of anilines is 1. The van der Waals surface area contributed by atoms with Gasteiger partial charge in [-0.15, -0.1) is 0 Å². The van der Waals surface area contributed by atoms with Crippen LogP contribution in [0.2, 0.25) is 0 Å². The van der Waals surface area contributed by atoms with Gasteiger partial charge in [0.15, 0.2) is 5.54 Å². The minimum atomic E-state index is -4.63. The third-order valence-electron chi connectivity index (χ3n) is 9.65. The van der Waals surface area contributed by atoms with Gasteiger partial charge in [-0.3, -0.25) is 9.69 Å². The highest BCUT2D eigenvalue weighted by Gasteiger charge is 2.60. The van der Waals surface area contributed by atoms with Gasteiger partial charge in [0, 0.05) is 69.5 Å². The summed E-state index contributed by atoms with van der Waals surface area (Å²) in [4.78, 5) is 39.4. The maximum atomic E-state index is 14.9. The fourth-order valence-electron chi connectivity index (χ4n) is 7.30. The standard InChI is InChI=1S/C34H36FN7O6S/c1-2-48-30-27(4-3-11-37-30)34(38-32(44)41-22-33(23-41)20-40(21-33)13-12-39-14-16-47-17-15-39)28-18-24(19-36)5-10-29(28)42(31(34)43)49(45,46)26-8-6-25(35)7-9-26/h3-11,18H,2,12-17,20-23H2,1H3,(H,38,44). The third kappa shape index (κ3) is 5.68. The average Bonchev–Trinajstić information content (AvgIpc) is 3.31. The molecule has 3 aromatic rings. The number of carbonyl (C=O) groups excluding carboxylic acids is 2. The Kier molecular flexibility index (Phi) is 8.52. The molecule has 0 bridgehead atoms. The second-order valence-corrected chi connectivity index (χ2v) is 14.6. The number of nitrogens with one attached hydrogen (secondary N) is 1. The highest BCUT2D eigenvalue weighted by atomic mass is 32.2. The van der Waals surface area contributed by atoms with E-state index >= 15 is 0 Å². The van der Waals surface area contributed by atoms with E-state index in [1.807, 2.05) is 6.07 Å². The molecule has 1 unspecified atom stereocenters. The van der Waals surface area contributed by atoms with Crippen LogP contribution in [0.25, 0.3) is 0 Å². The third-order valence-corrected chi connectivity index (χ3v) is 11.4. The summed E-state index contributed by atoms with van der Waals surface area (Å²) in [6.45, 7) is 9.77. The summed E-state index contributed by atoms with van der Waals surface area (Å²) in [5.41, 5.74) is -1.94. The lowest BCUT2D eigenvalue weighted by Gasteiger charge is -2.60. The van der Waals surface area contributed by atoms with Gasteiger partial charge >= 0.3 is 6.03 Å². The molecule has 15 heteroatoms. The molecule has 3 amide bonds. The number of benzene rings is 2. The lowest BCUT2D eigenvalue weighted by atomic mass is 9.73. The summed E-state index contributed by atoms with van der Waals surface area (Å²) in [5.74, 6) is -1.65. The summed E-state index contributed by atoms with van der Waals surface area (Å²) < 4.78 is 53.9. The van der Waals surface area contributed by atoms with Gasteiger partial charge in [0.1, 0.15) is 5.82 Å². The maximum Gasteiger partial charge on any atom is 0.318 e. The normalized spacial score (nSPS) is 21.9. The number of sulfonamides is 1. The highest BCUT2D eigenvalue weighted by Crippen LogP contribution is 2.50. The van der Waals surface area contributed by atoms with Crippen LogP contribution in [0.4, 0.5) is 14.9 Å². The van der Waals surface area contributed by atoms with E-state index in [2.05, 4.69) is 20.1 Å². The van der Waals surface area contributed by atoms with Crippen LogP contribution in [-0.2, 0) is 25.1 Å². The Bertz CT molecular complexity index is 1920. The van der Waals surface area contributed by atoms with Crippen molar-refractivity contribution >= 4 is 27.6 Å². The molecule has 4 aliphatic heterocycles. The van der Waals surface area contributed by atoms with Crippen LogP contribution in [0.5, 0.6) is 5.88 Å². The number of hydrogen-bond donors (Lipinski definition) is 1. The molecule has 5 heterocycles. The van der Waals surface area contributed by atoms with Crippen LogP contribution < -0.4 is 14.4 Å². The van der Waals surface area contributed by atoms with Crippen LogP contribution in [0.15, 0.2) is 65.7 Å². The molecule has 256 valence electrons. The average molecular weight is 690 g/mol. The Labute approximate surface area is 283 Å². The number of pyridine rings is 1. The lowest BCUT2D eigenvalue weighted by Crippen LogP contribution is -2.74. The van der Waals surface area contributed by atoms with E-state index < -0.39 is 33.3 Å². The topological polar surface area (TPSA) is 148 Å². The van der Waals surface area contributed by atoms with Crippen molar-refractivity contribution in [3.63, 3.8) is 0 Å². The van der Waals surface area contributed by atoms with Gasteiger partial charge in [0.2, 0.25) is 5.88 Å². The minimum absolute atomic E-state index is 0.0166. The van der Waals surface area contributed by atoms with E-state index in [4.69, 9.17) is 9.47 Å². The van der Waals surface area contributed by atoms with E-state index in [-0.39, 0.29) is 45.2 Å². The van der Waals surface area contributed by atoms with Crippen LogP contribution >= 0.6 is 0 Å². The predicted molar refractivity (Wildman–Crippen MR) is 175 cm³/mol. The molecule has 49 heavy (non-hydrogen) atoms. The van der Waals surface area contributed by atoms with Crippen molar-refractivity contribution in [3.8, 4) is 11.9 Å². The van der Waals surface area contributed by atoms with Gasteiger partial charge in [-0.25, -0.2) is 22.6 Å². The van der Waals surface area contributed by atoms with E-state index in [1.54, 1.807) is 24.0 Å². The molecule has 3 fully saturated rings. The number of aromatic nitrogens is 1. The molecule has 0 saturated carbocycles. The molecule has 1 N–H and O–H groups in total. The number of morpholine rings is 1. The molecule has 7 rings (SSSR count). The quantitative estimate of drug-likeness (QED) is 0.354. The highest BCUT2D eigenvalue weighted by molar-refractivity contribution is 7.93. The molecule has 0 aliphatic carbocycles. The molecule has 4 aliphatic rings. The number of rotatable bonds is 9. The van der Waals surface area contributed by atoms with Crippen molar-refractivity contribution in [2.75, 3.05) is 76.5 Å². The molecule has 1 aromatic heterocycles. The second kappa shape index (κ2) is 12.7. The molecule has 1 atom stereocenters. The number of nitriles is 1. The first-order valence-electron chi connectivity index (χ1n) is 16.2. The first-order valence-corrected chi connectivity index (χ1v) is 17.6. The number of ether oxygens (including phenoxy) is 2. The molecule has 2 aromatic carbocycles. The molecule has 13 nitrogen and oxygen atoms in total. The van der Waals surface area contributed by atoms with Gasteiger partial charge in [-0.05, 0) is 61.5 Å². The molecule has 1 spiro atoms. The van der Waals surface area contributed by atoms with Crippen molar-refractivity contribution in [3.05, 3.63) is 83.3 Å². The van der Waals surface area contributed by atoms with Gasteiger partial charge in [-0.2, -0.15) is 9.57 Å². The Morgan fingerprint density at radius 3 is 2.45 bits per heavy atom.